The summed E-state index contributed by atoms with van der Waals surface area (Å²) < 4.78 is 7.30. The fourth-order valence-electron chi connectivity index (χ4n) is 2.91. The van der Waals surface area contributed by atoms with Crippen LogP contribution in [0.2, 0.25) is 0 Å². The summed E-state index contributed by atoms with van der Waals surface area (Å²) in [5.74, 6) is -0.130. The maximum atomic E-state index is 12.8. The molecule has 0 aliphatic heterocycles. The van der Waals surface area contributed by atoms with E-state index < -0.39 is 5.91 Å². The summed E-state index contributed by atoms with van der Waals surface area (Å²) in [5, 5.41) is 17.3. The van der Waals surface area contributed by atoms with Crippen molar-refractivity contribution in [2.75, 3.05) is 10.6 Å². The number of furan rings is 1. The van der Waals surface area contributed by atoms with Gasteiger partial charge in [0.25, 0.3) is 11.8 Å². The average Bonchev–Trinajstić information content (AvgIpc) is 3.49. The van der Waals surface area contributed by atoms with Gasteiger partial charge in [0.05, 0.1) is 0 Å². The third-order valence-corrected chi connectivity index (χ3v) is 4.99. The van der Waals surface area contributed by atoms with Crippen molar-refractivity contribution in [3.63, 3.8) is 0 Å². The Morgan fingerprint density at radius 1 is 1.13 bits per heavy atom. The lowest BCUT2D eigenvalue weighted by molar-refractivity contribution is 0.101. The molecule has 0 saturated heterocycles. The highest BCUT2D eigenvalue weighted by Crippen LogP contribution is 2.26. The first-order valence-corrected chi connectivity index (χ1v) is 9.74. The molecule has 0 fully saturated rings. The highest BCUT2D eigenvalue weighted by atomic mass is 32.1. The summed E-state index contributed by atoms with van der Waals surface area (Å²) in [4.78, 5) is 29.0. The molecular weight excluding hydrogens is 402 g/mol. The molecular formula is C21H15N5O3S. The van der Waals surface area contributed by atoms with E-state index in [-0.39, 0.29) is 17.0 Å². The number of nitrogens with one attached hydrogen (secondary N) is 2. The van der Waals surface area contributed by atoms with E-state index in [0.717, 1.165) is 0 Å². The van der Waals surface area contributed by atoms with Gasteiger partial charge in [-0.25, -0.2) is 4.98 Å². The molecule has 0 saturated carbocycles. The number of benzene rings is 1. The molecule has 148 valence electrons. The first-order chi connectivity index (χ1) is 14.6. The van der Waals surface area contributed by atoms with Gasteiger partial charge in [-0.1, -0.05) is 0 Å². The third kappa shape index (κ3) is 3.72. The van der Waals surface area contributed by atoms with Gasteiger partial charge in [-0.15, -0.1) is 11.3 Å². The number of anilines is 2. The van der Waals surface area contributed by atoms with Crippen LogP contribution in [-0.2, 0) is 0 Å². The second-order valence-corrected chi connectivity index (χ2v) is 7.13. The van der Waals surface area contributed by atoms with E-state index in [1.807, 2.05) is 0 Å². The van der Waals surface area contributed by atoms with Crippen LogP contribution in [0.5, 0.6) is 0 Å². The minimum absolute atomic E-state index is 0.153. The Morgan fingerprint density at radius 2 is 1.87 bits per heavy atom. The molecule has 3 heterocycles. The Morgan fingerprint density at radius 3 is 2.50 bits per heavy atom. The average molecular weight is 417 g/mol. The summed E-state index contributed by atoms with van der Waals surface area (Å²) in [7, 11) is 0. The molecule has 2 N–H and O–H groups in total. The molecule has 0 aliphatic carbocycles. The number of aryl methyl sites for hydroxylation is 1. The SMILES string of the molecule is Cc1oc(-n2cccc2)c(C#N)c1C(=O)Nc1ccc(C(=O)Nc2nccs2)cc1. The quantitative estimate of drug-likeness (QED) is 0.505. The zero-order valence-corrected chi connectivity index (χ0v) is 16.6. The van der Waals surface area contributed by atoms with Crippen LogP contribution in [0, 0.1) is 18.3 Å². The standard InChI is InChI=1S/C21H15N5O3S/c1-13-17(16(12-22)20(29-13)26-9-2-3-10-26)19(28)24-15-6-4-14(5-7-15)18(27)25-21-23-8-11-30-21/h2-11H,1H3,(H,24,28)(H,23,25,27). The second kappa shape index (κ2) is 8.06. The summed E-state index contributed by atoms with van der Waals surface area (Å²) in [6.45, 7) is 1.63. The number of aromatic nitrogens is 2. The largest absolute Gasteiger partial charge is 0.443 e. The molecule has 0 unspecified atom stereocenters. The normalized spacial score (nSPS) is 10.4. The van der Waals surface area contributed by atoms with Gasteiger partial charge in [0, 0.05) is 35.2 Å². The molecule has 0 spiro atoms. The zero-order chi connectivity index (χ0) is 21.1. The number of hydrogen-bond donors (Lipinski definition) is 2. The minimum Gasteiger partial charge on any atom is -0.443 e. The van der Waals surface area contributed by atoms with Crippen molar-refractivity contribution in [2.45, 2.75) is 6.92 Å². The maximum Gasteiger partial charge on any atom is 0.260 e. The molecule has 8 nitrogen and oxygen atoms in total. The Kier molecular flexibility index (Phi) is 5.15. The highest BCUT2D eigenvalue weighted by Gasteiger charge is 2.24. The molecule has 9 heteroatoms. The van der Waals surface area contributed by atoms with E-state index in [0.29, 0.717) is 28.0 Å². The van der Waals surface area contributed by atoms with Crippen LogP contribution in [0.4, 0.5) is 10.8 Å². The number of amides is 2. The van der Waals surface area contributed by atoms with Gasteiger partial charge in [-0.05, 0) is 43.3 Å². The van der Waals surface area contributed by atoms with Gasteiger partial charge >= 0.3 is 0 Å². The summed E-state index contributed by atoms with van der Waals surface area (Å²) in [6.07, 6.45) is 5.07. The zero-order valence-electron chi connectivity index (χ0n) is 15.7. The molecule has 0 aliphatic rings. The minimum atomic E-state index is -0.466. The number of hydrogen-bond acceptors (Lipinski definition) is 6. The molecule has 0 radical (unpaired) electrons. The van der Waals surface area contributed by atoms with E-state index in [1.54, 1.807) is 71.9 Å². The summed E-state index contributed by atoms with van der Waals surface area (Å²) in [5.41, 5.74) is 1.24. The van der Waals surface area contributed by atoms with Crippen molar-refractivity contribution in [3.8, 4) is 12.0 Å². The monoisotopic (exact) mass is 417 g/mol. The van der Waals surface area contributed by atoms with E-state index in [9.17, 15) is 14.9 Å². The van der Waals surface area contributed by atoms with Gasteiger partial charge in [0.1, 0.15) is 23.0 Å². The van der Waals surface area contributed by atoms with Gasteiger partial charge in [0.15, 0.2) is 5.13 Å². The molecule has 30 heavy (non-hydrogen) atoms. The lowest BCUT2D eigenvalue weighted by atomic mass is 10.1. The molecule has 3 aromatic heterocycles. The lowest BCUT2D eigenvalue weighted by Crippen LogP contribution is -2.15. The van der Waals surface area contributed by atoms with Crippen LogP contribution >= 0.6 is 11.3 Å². The molecule has 4 rings (SSSR count). The molecule has 1 aromatic carbocycles. The van der Waals surface area contributed by atoms with Crippen LogP contribution in [-0.4, -0.2) is 21.4 Å². The van der Waals surface area contributed by atoms with Crippen LogP contribution < -0.4 is 10.6 Å². The number of carbonyl (C=O) groups is 2. The molecule has 4 aromatic rings. The number of rotatable bonds is 5. The van der Waals surface area contributed by atoms with Crippen LogP contribution in [0.15, 0.2) is 64.8 Å². The summed E-state index contributed by atoms with van der Waals surface area (Å²) >= 11 is 1.32. The number of thiazole rings is 1. The predicted molar refractivity (Wildman–Crippen MR) is 112 cm³/mol. The Bertz CT molecular complexity index is 1230. The van der Waals surface area contributed by atoms with Crippen molar-refractivity contribution < 1.29 is 14.0 Å². The van der Waals surface area contributed by atoms with E-state index in [4.69, 9.17) is 4.42 Å². The number of carbonyl (C=O) groups excluding carboxylic acids is 2. The van der Waals surface area contributed by atoms with Crippen molar-refractivity contribution >= 4 is 34.0 Å². The van der Waals surface area contributed by atoms with Gasteiger partial charge in [0.2, 0.25) is 5.88 Å². The predicted octanol–water partition coefficient (Wildman–Crippen LogP) is 4.21. The molecule has 0 atom stereocenters. The van der Waals surface area contributed by atoms with Gasteiger partial charge < -0.3 is 9.73 Å². The Hall–Kier alpha value is -4.16. The van der Waals surface area contributed by atoms with Gasteiger partial charge in [-0.3, -0.25) is 19.5 Å². The van der Waals surface area contributed by atoms with Crippen LogP contribution in [0.1, 0.15) is 32.0 Å². The van der Waals surface area contributed by atoms with Crippen LogP contribution in [0.25, 0.3) is 5.88 Å². The van der Waals surface area contributed by atoms with Crippen molar-refractivity contribution in [1.29, 1.82) is 5.26 Å². The number of nitrogens with zero attached hydrogens (tertiary/aromatic N) is 3. The van der Waals surface area contributed by atoms with E-state index >= 15 is 0 Å². The topological polar surface area (TPSA) is 113 Å². The smallest absolute Gasteiger partial charge is 0.260 e. The fraction of sp³-hybridized carbons (Fsp3) is 0.0476. The van der Waals surface area contributed by atoms with Crippen molar-refractivity contribution in [2.24, 2.45) is 0 Å². The summed E-state index contributed by atoms with van der Waals surface area (Å²) in [6, 6.07) is 12.1. The maximum absolute atomic E-state index is 12.8. The molecule has 0 bridgehead atoms. The van der Waals surface area contributed by atoms with Crippen molar-refractivity contribution in [1.82, 2.24) is 9.55 Å². The van der Waals surface area contributed by atoms with E-state index in [2.05, 4.69) is 21.7 Å². The Labute approximate surface area is 175 Å². The van der Waals surface area contributed by atoms with E-state index in [1.165, 1.54) is 11.3 Å². The number of nitriles is 1. The Balaban J connectivity index is 1.52. The van der Waals surface area contributed by atoms with Crippen molar-refractivity contribution in [3.05, 3.63) is 82.8 Å². The first-order valence-electron chi connectivity index (χ1n) is 8.86. The second-order valence-electron chi connectivity index (χ2n) is 6.24. The fourth-order valence-corrected chi connectivity index (χ4v) is 3.44. The molecule has 2 amide bonds. The highest BCUT2D eigenvalue weighted by molar-refractivity contribution is 7.13. The van der Waals surface area contributed by atoms with Crippen LogP contribution in [0.3, 0.4) is 0 Å². The first kappa shape index (κ1) is 19.2. The third-order valence-electron chi connectivity index (χ3n) is 4.30. The van der Waals surface area contributed by atoms with Gasteiger partial charge in [-0.2, -0.15) is 5.26 Å². The lowest BCUT2D eigenvalue weighted by Gasteiger charge is -2.06.